The number of carbonyl (C=O) groups is 1. The number of nitrogens with zero attached hydrogens (tertiary/aromatic N) is 6. The summed E-state index contributed by atoms with van der Waals surface area (Å²) in [6.45, 7) is 1.40. The smallest absolute Gasteiger partial charge is 0.250 e. The SMILES string of the molecule is Cn1ccc(-c2ccc(N(C(=O)CCc3ccccc3)[C@H]3CC[C@H](Nc4ncc(C#N)c(CC5COC5)n4)CC3)cn2)cc1=O. The van der Waals surface area contributed by atoms with E-state index in [1.807, 2.05) is 53.4 Å². The van der Waals surface area contributed by atoms with Crippen molar-refractivity contribution in [1.82, 2.24) is 19.5 Å². The van der Waals surface area contributed by atoms with Crippen LogP contribution in [-0.4, -0.2) is 50.7 Å². The van der Waals surface area contributed by atoms with E-state index >= 15 is 0 Å². The summed E-state index contributed by atoms with van der Waals surface area (Å²) in [5, 5.41) is 13.0. The quantitative estimate of drug-likeness (QED) is 0.277. The fourth-order valence-corrected chi connectivity index (χ4v) is 6.05. The summed E-state index contributed by atoms with van der Waals surface area (Å²) in [4.78, 5) is 41.7. The minimum Gasteiger partial charge on any atom is -0.381 e. The molecule has 1 amide bonds. The monoisotopic (exact) mass is 603 g/mol. The highest BCUT2D eigenvalue weighted by atomic mass is 16.5. The maximum Gasteiger partial charge on any atom is 0.250 e. The lowest BCUT2D eigenvalue weighted by atomic mass is 9.89. The first-order valence-corrected chi connectivity index (χ1v) is 15.6. The van der Waals surface area contributed by atoms with E-state index in [0.29, 0.717) is 55.6 Å². The average Bonchev–Trinajstić information content (AvgIpc) is 3.05. The molecule has 45 heavy (non-hydrogen) atoms. The molecular formula is C35H37N7O3. The van der Waals surface area contributed by atoms with Gasteiger partial charge in [0.15, 0.2) is 0 Å². The van der Waals surface area contributed by atoms with E-state index in [4.69, 9.17) is 9.72 Å². The summed E-state index contributed by atoms with van der Waals surface area (Å²) >= 11 is 0. The summed E-state index contributed by atoms with van der Waals surface area (Å²) in [6, 6.07) is 19.7. The van der Waals surface area contributed by atoms with Crippen LogP contribution >= 0.6 is 0 Å². The van der Waals surface area contributed by atoms with Crippen LogP contribution in [0.2, 0.25) is 0 Å². The standard InChI is InChI=1S/C35H37N7O3/c1-41-16-15-26(18-34(41)44)31-13-12-30(21-37-31)42(33(43)14-7-24-5-3-2-4-6-24)29-10-8-28(9-11-29)39-35-38-20-27(19-36)32(40-35)17-25-22-45-23-25/h2-6,12-13,15-16,18,20-21,25,28-29H,7-11,14,17,22-23H2,1H3,(H,38,39,40)/t28-,29-. The third-order valence-electron chi connectivity index (χ3n) is 8.74. The Morgan fingerprint density at radius 1 is 1.07 bits per heavy atom. The van der Waals surface area contributed by atoms with Crippen molar-refractivity contribution < 1.29 is 9.53 Å². The van der Waals surface area contributed by atoms with Gasteiger partial charge in [-0.1, -0.05) is 30.3 Å². The zero-order valence-corrected chi connectivity index (χ0v) is 25.4. The Balaban J connectivity index is 1.16. The van der Waals surface area contributed by atoms with Crippen LogP contribution < -0.4 is 15.8 Å². The number of ether oxygens (including phenoxy) is 1. The Morgan fingerprint density at radius 3 is 2.53 bits per heavy atom. The van der Waals surface area contributed by atoms with E-state index in [-0.39, 0.29) is 23.6 Å². The maximum atomic E-state index is 13.8. The van der Waals surface area contributed by atoms with Crippen LogP contribution in [0.15, 0.2) is 78.0 Å². The molecule has 0 radical (unpaired) electrons. The van der Waals surface area contributed by atoms with Crippen molar-refractivity contribution in [3.8, 4) is 17.3 Å². The van der Waals surface area contributed by atoms with E-state index in [0.717, 1.165) is 48.2 Å². The van der Waals surface area contributed by atoms with Gasteiger partial charge in [-0.3, -0.25) is 14.6 Å². The van der Waals surface area contributed by atoms with Crippen LogP contribution in [0.5, 0.6) is 0 Å². The predicted molar refractivity (Wildman–Crippen MR) is 172 cm³/mol. The number of aryl methyl sites for hydroxylation is 2. The lowest BCUT2D eigenvalue weighted by Crippen LogP contribution is -2.44. The first kappa shape index (κ1) is 30.2. The van der Waals surface area contributed by atoms with Crippen molar-refractivity contribution in [1.29, 1.82) is 5.26 Å². The summed E-state index contributed by atoms with van der Waals surface area (Å²) in [6.07, 6.45) is 10.2. The molecule has 2 fully saturated rings. The van der Waals surface area contributed by atoms with Gasteiger partial charge in [0, 0.05) is 49.3 Å². The molecule has 4 heterocycles. The van der Waals surface area contributed by atoms with Crippen LogP contribution in [0.4, 0.5) is 11.6 Å². The van der Waals surface area contributed by atoms with Crippen LogP contribution in [0, 0.1) is 17.2 Å². The average molecular weight is 604 g/mol. The molecule has 10 nitrogen and oxygen atoms in total. The summed E-state index contributed by atoms with van der Waals surface area (Å²) in [5.41, 5.74) is 4.49. The molecule has 0 spiro atoms. The molecule has 1 saturated heterocycles. The molecule has 0 unspecified atom stereocenters. The molecule has 1 aliphatic heterocycles. The number of carbonyl (C=O) groups excluding carboxylic acids is 1. The van der Waals surface area contributed by atoms with Gasteiger partial charge in [0.1, 0.15) is 6.07 Å². The van der Waals surface area contributed by atoms with Gasteiger partial charge in [-0.25, -0.2) is 9.97 Å². The van der Waals surface area contributed by atoms with Gasteiger partial charge >= 0.3 is 0 Å². The summed E-state index contributed by atoms with van der Waals surface area (Å²) in [5.74, 6) is 1.00. The molecule has 3 aromatic heterocycles. The zero-order chi connectivity index (χ0) is 31.2. The minimum atomic E-state index is -0.0999. The normalized spacial score (nSPS) is 18.0. The van der Waals surface area contributed by atoms with Gasteiger partial charge in [0.2, 0.25) is 11.9 Å². The van der Waals surface area contributed by atoms with Crippen molar-refractivity contribution in [3.05, 3.63) is 100 Å². The second-order valence-electron chi connectivity index (χ2n) is 11.9. The van der Waals surface area contributed by atoms with Crippen molar-refractivity contribution >= 4 is 17.5 Å². The van der Waals surface area contributed by atoms with Gasteiger partial charge in [-0.05, 0) is 62.3 Å². The van der Waals surface area contributed by atoms with E-state index in [1.165, 1.54) is 4.57 Å². The van der Waals surface area contributed by atoms with Gasteiger partial charge in [0.05, 0.1) is 48.2 Å². The van der Waals surface area contributed by atoms with E-state index in [1.54, 1.807) is 31.7 Å². The number of rotatable bonds is 10. The molecule has 1 saturated carbocycles. The highest BCUT2D eigenvalue weighted by Crippen LogP contribution is 2.31. The van der Waals surface area contributed by atoms with Crippen LogP contribution in [0.1, 0.15) is 48.9 Å². The highest BCUT2D eigenvalue weighted by Gasteiger charge is 2.31. The second-order valence-corrected chi connectivity index (χ2v) is 11.9. The maximum absolute atomic E-state index is 13.8. The molecular weight excluding hydrogens is 566 g/mol. The fraction of sp³-hybridized carbons (Fsp3) is 0.371. The predicted octanol–water partition coefficient (Wildman–Crippen LogP) is 4.69. The number of pyridine rings is 2. The number of benzene rings is 1. The molecule has 1 N–H and O–H groups in total. The first-order chi connectivity index (χ1) is 22.0. The molecule has 6 rings (SSSR count). The van der Waals surface area contributed by atoms with E-state index < -0.39 is 0 Å². The molecule has 2 aliphatic rings. The number of hydrogen-bond acceptors (Lipinski definition) is 8. The third-order valence-corrected chi connectivity index (χ3v) is 8.74. The lowest BCUT2D eigenvalue weighted by molar-refractivity contribution is -0.119. The number of nitrogens with one attached hydrogen (secondary N) is 1. The number of anilines is 2. The number of hydrogen-bond donors (Lipinski definition) is 1. The Labute approximate surface area is 262 Å². The topological polar surface area (TPSA) is 126 Å². The van der Waals surface area contributed by atoms with Crippen LogP contribution in [-0.2, 0) is 29.4 Å². The molecule has 0 bridgehead atoms. The highest BCUT2D eigenvalue weighted by molar-refractivity contribution is 5.94. The lowest BCUT2D eigenvalue weighted by Gasteiger charge is -2.37. The Bertz CT molecular complexity index is 1720. The van der Waals surface area contributed by atoms with Gasteiger partial charge in [0.25, 0.3) is 5.56 Å². The van der Waals surface area contributed by atoms with Crippen molar-refractivity contribution in [2.75, 3.05) is 23.4 Å². The Kier molecular flexibility index (Phi) is 9.27. The number of amides is 1. The van der Waals surface area contributed by atoms with Gasteiger partial charge in [-0.15, -0.1) is 0 Å². The Morgan fingerprint density at radius 2 is 1.87 bits per heavy atom. The molecule has 230 valence electrons. The molecule has 4 aromatic rings. The third kappa shape index (κ3) is 7.27. The van der Waals surface area contributed by atoms with Gasteiger partial charge < -0.3 is 19.5 Å². The van der Waals surface area contributed by atoms with Crippen molar-refractivity contribution in [3.63, 3.8) is 0 Å². The first-order valence-electron chi connectivity index (χ1n) is 15.6. The van der Waals surface area contributed by atoms with Gasteiger partial charge in [-0.2, -0.15) is 5.26 Å². The molecule has 1 aliphatic carbocycles. The second kappa shape index (κ2) is 13.8. The minimum absolute atomic E-state index is 0.0269. The zero-order valence-electron chi connectivity index (χ0n) is 25.4. The van der Waals surface area contributed by atoms with Crippen LogP contribution in [0.3, 0.4) is 0 Å². The van der Waals surface area contributed by atoms with E-state index in [9.17, 15) is 14.9 Å². The number of nitriles is 1. The fourth-order valence-electron chi connectivity index (χ4n) is 6.05. The summed E-state index contributed by atoms with van der Waals surface area (Å²) in [7, 11) is 1.71. The molecule has 10 heteroatoms. The summed E-state index contributed by atoms with van der Waals surface area (Å²) < 4.78 is 6.82. The Hall–Kier alpha value is -4.88. The number of aromatic nitrogens is 4. The molecule has 1 aromatic carbocycles. The van der Waals surface area contributed by atoms with E-state index in [2.05, 4.69) is 21.4 Å². The van der Waals surface area contributed by atoms with Crippen molar-refractivity contribution in [2.45, 2.75) is 57.0 Å². The largest absolute Gasteiger partial charge is 0.381 e. The van der Waals surface area contributed by atoms with Crippen molar-refractivity contribution in [2.24, 2.45) is 13.0 Å². The molecule has 0 atom stereocenters. The van der Waals surface area contributed by atoms with Crippen LogP contribution in [0.25, 0.3) is 11.3 Å².